The highest BCUT2D eigenvalue weighted by atomic mass is 35.5. The Bertz CT molecular complexity index is 945. The maximum absolute atomic E-state index is 12.6. The average molecular weight is 400 g/mol. The van der Waals surface area contributed by atoms with Gasteiger partial charge in [-0.05, 0) is 41.6 Å². The molecule has 2 aliphatic heterocycles. The number of carbonyl (C=O) groups is 3. The van der Waals surface area contributed by atoms with Gasteiger partial charge in [-0.15, -0.1) is 0 Å². The molecule has 0 spiro atoms. The van der Waals surface area contributed by atoms with Crippen LogP contribution in [0.2, 0.25) is 5.02 Å². The Kier molecular flexibility index (Phi) is 4.76. The minimum atomic E-state index is -0.421. The molecular weight excluding hydrogens is 386 g/mol. The summed E-state index contributed by atoms with van der Waals surface area (Å²) in [7, 11) is 0. The van der Waals surface area contributed by atoms with Crippen LogP contribution in [0.3, 0.4) is 0 Å². The van der Waals surface area contributed by atoms with Gasteiger partial charge in [0.15, 0.2) is 5.78 Å². The molecule has 4 rings (SSSR count). The molecule has 1 fully saturated rings. The number of hydrogen-bond donors (Lipinski definition) is 0. The molecule has 27 heavy (non-hydrogen) atoms. The van der Waals surface area contributed by atoms with E-state index < -0.39 is 11.8 Å². The SMILES string of the molecule is O=C1C(/C=C2/SC(=O)N(Cc3ccc(Cl)cc3)C2=O)=CO[C@H]2C=CC=C[C@@H]12. The number of allylic oxidation sites excluding steroid dienone is 4. The van der Waals surface area contributed by atoms with Crippen LogP contribution in [-0.2, 0) is 20.9 Å². The first-order valence-corrected chi connectivity index (χ1v) is 9.47. The molecule has 1 aromatic carbocycles. The minimum absolute atomic E-state index is 0.128. The molecule has 0 bridgehead atoms. The molecule has 0 radical (unpaired) electrons. The van der Waals surface area contributed by atoms with Crippen molar-refractivity contribution in [2.45, 2.75) is 12.6 Å². The number of ether oxygens (including phenoxy) is 1. The van der Waals surface area contributed by atoms with Crippen LogP contribution in [0.5, 0.6) is 0 Å². The van der Waals surface area contributed by atoms with E-state index in [1.54, 1.807) is 36.4 Å². The number of carbonyl (C=O) groups excluding carboxylic acids is 3. The summed E-state index contributed by atoms with van der Waals surface area (Å²) >= 11 is 6.68. The molecule has 0 N–H and O–H groups in total. The second kappa shape index (κ2) is 7.21. The predicted molar refractivity (Wildman–Crippen MR) is 103 cm³/mol. The number of amides is 2. The molecule has 1 saturated heterocycles. The summed E-state index contributed by atoms with van der Waals surface area (Å²) in [5, 5.41) is 0.213. The van der Waals surface area contributed by atoms with Gasteiger partial charge >= 0.3 is 0 Å². The minimum Gasteiger partial charge on any atom is -0.492 e. The van der Waals surface area contributed by atoms with Gasteiger partial charge in [-0.1, -0.05) is 42.0 Å². The number of benzene rings is 1. The number of thioether (sulfide) groups is 1. The van der Waals surface area contributed by atoms with E-state index in [2.05, 4.69) is 0 Å². The maximum atomic E-state index is 12.6. The van der Waals surface area contributed by atoms with E-state index in [1.807, 2.05) is 12.2 Å². The normalized spacial score (nSPS) is 25.7. The van der Waals surface area contributed by atoms with Crippen molar-refractivity contribution in [3.8, 4) is 0 Å². The molecule has 0 aromatic heterocycles. The first-order chi connectivity index (χ1) is 13.0. The predicted octanol–water partition coefficient (Wildman–Crippen LogP) is 4.01. The van der Waals surface area contributed by atoms with E-state index in [4.69, 9.17) is 16.3 Å². The smallest absolute Gasteiger partial charge is 0.293 e. The fourth-order valence-electron chi connectivity index (χ4n) is 3.01. The zero-order chi connectivity index (χ0) is 19.0. The summed E-state index contributed by atoms with van der Waals surface area (Å²) in [5.41, 5.74) is 1.08. The summed E-state index contributed by atoms with van der Waals surface area (Å²) in [5.74, 6) is -0.958. The quantitative estimate of drug-likeness (QED) is 0.718. The van der Waals surface area contributed by atoms with Crippen molar-refractivity contribution >= 4 is 40.3 Å². The van der Waals surface area contributed by atoms with E-state index in [0.717, 1.165) is 22.2 Å². The number of ketones is 1. The highest BCUT2D eigenvalue weighted by molar-refractivity contribution is 8.18. The van der Waals surface area contributed by atoms with Crippen molar-refractivity contribution in [2.75, 3.05) is 0 Å². The van der Waals surface area contributed by atoms with Crippen molar-refractivity contribution in [3.63, 3.8) is 0 Å². The second-order valence-electron chi connectivity index (χ2n) is 6.23. The van der Waals surface area contributed by atoms with E-state index in [9.17, 15) is 14.4 Å². The lowest BCUT2D eigenvalue weighted by molar-refractivity contribution is -0.123. The number of nitrogens with zero attached hydrogens (tertiary/aromatic N) is 1. The van der Waals surface area contributed by atoms with Gasteiger partial charge in [0.1, 0.15) is 6.10 Å². The molecule has 2 atom stereocenters. The van der Waals surface area contributed by atoms with Crippen LogP contribution < -0.4 is 0 Å². The number of Topliss-reactive ketones (excluding diaryl/α,β-unsaturated/α-hetero) is 1. The average Bonchev–Trinajstić information content (AvgIpc) is 2.93. The molecule has 7 heteroatoms. The lowest BCUT2D eigenvalue weighted by Gasteiger charge is -2.27. The van der Waals surface area contributed by atoms with Gasteiger partial charge < -0.3 is 4.74 Å². The Balaban J connectivity index is 1.53. The second-order valence-corrected chi connectivity index (χ2v) is 7.66. The monoisotopic (exact) mass is 399 g/mol. The van der Waals surface area contributed by atoms with E-state index in [1.165, 1.54) is 12.3 Å². The fourth-order valence-corrected chi connectivity index (χ4v) is 3.97. The Morgan fingerprint density at radius 2 is 1.85 bits per heavy atom. The van der Waals surface area contributed by atoms with Crippen LogP contribution >= 0.6 is 23.4 Å². The van der Waals surface area contributed by atoms with Crippen molar-refractivity contribution < 1.29 is 19.1 Å². The Morgan fingerprint density at radius 3 is 2.63 bits per heavy atom. The van der Waals surface area contributed by atoms with Crippen LogP contribution in [0.1, 0.15) is 5.56 Å². The van der Waals surface area contributed by atoms with Crippen molar-refractivity contribution in [1.82, 2.24) is 4.90 Å². The number of hydrogen-bond acceptors (Lipinski definition) is 5. The summed E-state index contributed by atoms with van der Waals surface area (Å²) in [4.78, 5) is 38.9. The van der Waals surface area contributed by atoms with Gasteiger partial charge in [-0.25, -0.2) is 0 Å². The molecule has 5 nitrogen and oxygen atoms in total. The van der Waals surface area contributed by atoms with Crippen LogP contribution in [0.25, 0.3) is 0 Å². The molecule has 1 aliphatic carbocycles. The van der Waals surface area contributed by atoms with Crippen LogP contribution in [0.15, 0.2) is 71.4 Å². The van der Waals surface area contributed by atoms with E-state index in [-0.39, 0.29) is 34.1 Å². The van der Waals surface area contributed by atoms with Gasteiger partial charge in [0.2, 0.25) is 0 Å². The molecule has 2 heterocycles. The lowest BCUT2D eigenvalue weighted by atomic mass is 9.88. The highest BCUT2D eigenvalue weighted by Gasteiger charge is 2.37. The molecule has 2 amide bonds. The van der Waals surface area contributed by atoms with Crippen molar-refractivity contribution in [2.24, 2.45) is 5.92 Å². The third-order valence-electron chi connectivity index (χ3n) is 4.44. The zero-order valence-electron chi connectivity index (χ0n) is 14.0. The maximum Gasteiger partial charge on any atom is 0.293 e. The Labute approximate surface area is 165 Å². The van der Waals surface area contributed by atoms with Crippen LogP contribution in [-0.4, -0.2) is 27.9 Å². The molecule has 0 unspecified atom stereocenters. The number of imide groups is 1. The topological polar surface area (TPSA) is 63.7 Å². The third-order valence-corrected chi connectivity index (χ3v) is 5.60. The summed E-state index contributed by atoms with van der Waals surface area (Å²) in [6.07, 6.45) is 9.70. The van der Waals surface area contributed by atoms with Gasteiger partial charge in [0.05, 0.1) is 29.2 Å². The number of rotatable bonds is 3. The van der Waals surface area contributed by atoms with Crippen LogP contribution in [0.4, 0.5) is 4.79 Å². The van der Waals surface area contributed by atoms with Crippen LogP contribution in [0, 0.1) is 5.92 Å². The van der Waals surface area contributed by atoms with Gasteiger partial charge in [0, 0.05) is 5.02 Å². The number of halogens is 1. The Morgan fingerprint density at radius 1 is 1.11 bits per heavy atom. The van der Waals surface area contributed by atoms with E-state index in [0.29, 0.717) is 5.02 Å². The number of fused-ring (bicyclic) bond motifs is 1. The first-order valence-electron chi connectivity index (χ1n) is 8.27. The molecular formula is C20H14ClNO4S. The highest BCUT2D eigenvalue weighted by Crippen LogP contribution is 2.34. The Hall–Kier alpha value is -2.57. The third kappa shape index (κ3) is 3.50. The van der Waals surface area contributed by atoms with Gasteiger partial charge in [-0.2, -0.15) is 0 Å². The summed E-state index contributed by atoms with van der Waals surface area (Å²) in [6, 6.07) is 6.94. The first kappa shape index (κ1) is 17.8. The van der Waals surface area contributed by atoms with Gasteiger partial charge in [-0.3, -0.25) is 19.3 Å². The lowest BCUT2D eigenvalue weighted by Crippen LogP contribution is -2.32. The summed E-state index contributed by atoms with van der Waals surface area (Å²) in [6.45, 7) is 0.154. The fraction of sp³-hybridized carbons (Fsp3) is 0.150. The largest absolute Gasteiger partial charge is 0.492 e. The molecule has 3 aliphatic rings. The van der Waals surface area contributed by atoms with Crippen molar-refractivity contribution in [1.29, 1.82) is 0 Å². The van der Waals surface area contributed by atoms with Gasteiger partial charge in [0.25, 0.3) is 11.1 Å². The molecule has 0 saturated carbocycles. The zero-order valence-corrected chi connectivity index (χ0v) is 15.6. The summed E-state index contributed by atoms with van der Waals surface area (Å²) < 4.78 is 5.57. The van der Waals surface area contributed by atoms with Crippen molar-refractivity contribution in [3.05, 3.63) is 82.0 Å². The molecule has 1 aromatic rings. The standard InChI is InChI=1S/C20H14ClNO4S/c21-14-7-5-12(6-8-14)10-22-19(24)17(27-20(22)25)9-13-11-26-16-4-2-1-3-15(16)18(13)23/h1-9,11,15-16H,10H2/b17-9+/t15-,16+/m1/s1. The molecule has 136 valence electrons. The van der Waals surface area contributed by atoms with E-state index >= 15 is 0 Å².